The summed E-state index contributed by atoms with van der Waals surface area (Å²) >= 11 is 5.61. The molecule has 8 heteroatoms. The van der Waals surface area contributed by atoms with Crippen LogP contribution in [-0.2, 0) is 10.0 Å². The number of sulfonamides is 1. The molecule has 1 aromatic carbocycles. The monoisotopic (exact) mass is 275 g/mol. The molecule has 5 nitrogen and oxygen atoms in total. The Morgan fingerprint density at radius 3 is 2.71 bits per heavy atom. The summed E-state index contributed by atoms with van der Waals surface area (Å²) in [7, 11) is -3.80. The standard InChI is InChI=1S/C9H7ClFN3O2S/c10-6-3-7(11)5-8(4-6)14-17(15,16)9-1-2-12-13-9/h1-5,14H,(H,12,13). The first-order valence-electron chi connectivity index (χ1n) is 4.46. The molecule has 0 aliphatic carbocycles. The third kappa shape index (κ3) is 2.75. The number of hydrogen-bond acceptors (Lipinski definition) is 3. The Bertz CT molecular complexity index is 607. The smallest absolute Gasteiger partial charge is 0.278 e. The van der Waals surface area contributed by atoms with E-state index in [1.165, 1.54) is 18.3 Å². The molecular formula is C9H7ClFN3O2S. The summed E-state index contributed by atoms with van der Waals surface area (Å²) in [6, 6.07) is 4.69. The third-order valence-electron chi connectivity index (χ3n) is 1.88. The summed E-state index contributed by atoms with van der Waals surface area (Å²) in [5.41, 5.74) is 0.0459. The summed E-state index contributed by atoms with van der Waals surface area (Å²) in [5, 5.41) is 5.81. The number of rotatable bonds is 3. The van der Waals surface area contributed by atoms with Crippen LogP contribution in [-0.4, -0.2) is 18.6 Å². The van der Waals surface area contributed by atoms with Crippen LogP contribution in [0.3, 0.4) is 0 Å². The minimum Gasteiger partial charge on any atom is -0.278 e. The lowest BCUT2D eigenvalue weighted by atomic mass is 10.3. The van der Waals surface area contributed by atoms with Crippen LogP contribution < -0.4 is 4.72 Å². The molecule has 17 heavy (non-hydrogen) atoms. The largest absolute Gasteiger partial charge is 0.278 e. The molecule has 90 valence electrons. The molecule has 0 amide bonds. The van der Waals surface area contributed by atoms with Gasteiger partial charge in [-0.3, -0.25) is 9.82 Å². The zero-order chi connectivity index (χ0) is 12.5. The number of aromatic amines is 1. The Labute approximate surface area is 102 Å². The highest BCUT2D eigenvalue weighted by atomic mass is 35.5. The molecule has 0 fully saturated rings. The van der Waals surface area contributed by atoms with Gasteiger partial charge >= 0.3 is 0 Å². The average molecular weight is 276 g/mol. The molecule has 1 aromatic heterocycles. The van der Waals surface area contributed by atoms with Gasteiger partial charge in [0.05, 0.1) is 11.9 Å². The van der Waals surface area contributed by atoms with Crippen molar-refractivity contribution in [2.75, 3.05) is 4.72 Å². The van der Waals surface area contributed by atoms with Crippen molar-refractivity contribution in [3.05, 3.63) is 41.3 Å². The van der Waals surface area contributed by atoms with Crippen LogP contribution in [0.15, 0.2) is 35.5 Å². The molecule has 0 aliphatic rings. The van der Waals surface area contributed by atoms with Crippen molar-refractivity contribution in [2.45, 2.75) is 5.03 Å². The first-order chi connectivity index (χ1) is 7.97. The summed E-state index contributed by atoms with van der Waals surface area (Å²) in [4.78, 5) is 0. The van der Waals surface area contributed by atoms with Gasteiger partial charge in [0.1, 0.15) is 5.82 Å². The maximum atomic E-state index is 13.0. The summed E-state index contributed by atoms with van der Waals surface area (Å²) in [6.07, 6.45) is 1.30. The van der Waals surface area contributed by atoms with E-state index in [4.69, 9.17) is 11.6 Å². The van der Waals surface area contributed by atoms with Gasteiger partial charge in [0.2, 0.25) is 0 Å². The van der Waals surface area contributed by atoms with Crippen molar-refractivity contribution >= 4 is 27.3 Å². The first kappa shape index (κ1) is 11.9. The van der Waals surface area contributed by atoms with E-state index in [0.29, 0.717) is 0 Å². The second kappa shape index (κ2) is 4.34. The second-order valence-electron chi connectivity index (χ2n) is 3.18. The van der Waals surface area contributed by atoms with Crippen LogP contribution in [0.25, 0.3) is 0 Å². The Kier molecular flexibility index (Phi) is 3.03. The lowest BCUT2D eigenvalue weighted by Crippen LogP contribution is -2.13. The van der Waals surface area contributed by atoms with E-state index in [0.717, 1.165) is 12.1 Å². The topological polar surface area (TPSA) is 74.8 Å². The van der Waals surface area contributed by atoms with Crippen LogP contribution in [0.5, 0.6) is 0 Å². The predicted octanol–water partition coefficient (Wildman–Crippen LogP) is 2.00. The average Bonchev–Trinajstić information content (AvgIpc) is 2.67. The van der Waals surface area contributed by atoms with E-state index in [-0.39, 0.29) is 15.7 Å². The number of hydrogen-bond donors (Lipinski definition) is 2. The van der Waals surface area contributed by atoms with Gasteiger partial charge in [0.15, 0.2) is 5.03 Å². The van der Waals surface area contributed by atoms with Crippen molar-refractivity contribution in [3.8, 4) is 0 Å². The van der Waals surface area contributed by atoms with Gasteiger partial charge in [-0.15, -0.1) is 0 Å². The number of benzene rings is 1. The first-order valence-corrected chi connectivity index (χ1v) is 6.32. The molecule has 1 heterocycles. The maximum Gasteiger partial charge on any atom is 0.278 e. The molecule has 0 atom stereocenters. The van der Waals surface area contributed by atoms with Gasteiger partial charge in [-0.2, -0.15) is 13.5 Å². The van der Waals surface area contributed by atoms with Crippen LogP contribution in [0.1, 0.15) is 0 Å². The van der Waals surface area contributed by atoms with Crippen LogP contribution in [0.4, 0.5) is 10.1 Å². The number of halogens is 2. The fourth-order valence-electron chi connectivity index (χ4n) is 1.22. The number of nitrogens with one attached hydrogen (secondary N) is 2. The van der Waals surface area contributed by atoms with Crippen LogP contribution >= 0.6 is 11.6 Å². The normalized spacial score (nSPS) is 11.4. The minimum atomic E-state index is -3.80. The van der Waals surface area contributed by atoms with Crippen LogP contribution in [0.2, 0.25) is 5.02 Å². The highest BCUT2D eigenvalue weighted by Crippen LogP contribution is 2.20. The minimum absolute atomic E-state index is 0.0459. The number of aromatic nitrogens is 2. The molecule has 0 unspecified atom stereocenters. The van der Waals surface area contributed by atoms with Crippen molar-refractivity contribution in [1.29, 1.82) is 0 Å². The lowest BCUT2D eigenvalue weighted by molar-refractivity contribution is 0.597. The Balaban J connectivity index is 2.33. The second-order valence-corrected chi connectivity index (χ2v) is 5.27. The van der Waals surface area contributed by atoms with E-state index < -0.39 is 15.8 Å². The molecule has 2 rings (SSSR count). The fourth-order valence-corrected chi connectivity index (χ4v) is 2.39. The number of nitrogens with zero attached hydrogens (tertiary/aromatic N) is 1. The molecule has 0 saturated carbocycles. The van der Waals surface area contributed by atoms with Gasteiger partial charge in [-0.05, 0) is 24.3 Å². The SMILES string of the molecule is O=S(=O)(Nc1cc(F)cc(Cl)c1)c1ccn[nH]1. The van der Waals surface area contributed by atoms with Gasteiger partial charge in [-0.1, -0.05) is 11.6 Å². The van der Waals surface area contributed by atoms with Gasteiger partial charge in [-0.25, -0.2) is 4.39 Å². The fraction of sp³-hybridized carbons (Fsp3) is 0. The molecule has 0 saturated heterocycles. The zero-order valence-corrected chi connectivity index (χ0v) is 9.89. The molecule has 0 spiro atoms. The Morgan fingerprint density at radius 2 is 2.12 bits per heavy atom. The predicted molar refractivity (Wildman–Crippen MR) is 60.8 cm³/mol. The molecule has 0 bridgehead atoms. The van der Waals surface area contributed by atoms with E-state index in [1.54, 1.807) is 0 Å². The van der Waals surface area contributed by atoms with E-state index in [1.807, 2.05) is 0 Å². The van der Waals surface area contributed by atoms with Gasteiger partial charge in [0.25, 0.3) is 10.0 Å². The van der Waals surface area contributed by atoms with Crippen molar-refractivity contribution in [1.82, 2.24) is 10.2 Å². The van der Waals surface area contributed by atoms with Crippen molar-refractivity contribution < 1.29 is 12.8 Å². The van der Waals surface area contributed by atoms with Crippen molar-refractivity contribution in [3.63, 3.8) is 0 Å². The number of anilines is 1. The third-order valence-corrected chi connectivity index (χ3v) is 3.41. The summed E-state index contributed by atoms with van der Waals surface area (Å²) < 4.78 is 38.7. The van der Waals surface area contributed by atoms with Gasteiger partial charge < -0.3 is 0 Å². The van der Waals surface area contributed by atoms with E-state index >= 15 is 0 Å². The molecular weight excluding hydrogens is 269 g/mol. The highest BCUT2D eigenvalue weighted by Gasteiger charge is 2.15. The quantitative estimate of drug-likeness (QED) is 0.900. The summed E-state index contributed by atoms with van der Waals surface area (Å²) in [6.45, 7) is 0. The van der Waals surface area contributed by atoms with E-state index in [9.17, 15) is 12.8 Å². The molecule has 2 N–H and O–H groups in total. The molecule has 2 aromatic rings. The van der Waals surface area contributed by atoms with E-state index in [2.05, 4.69) is 14.9 Å². The molecule has 0 radical (unpaired) electrons. The van der Waals surface area contributed by atoms with Crippen molar-refractivity contribution in [2.24, 2.45) is 0 Å². The lowest BCUT2D eigenvalue weighted by Gasteiger charge is -2.06. The van der Waals surface area contributed by atoms with Crippen LogP contribution in [0, 0.1) is 5.82 Å². The zero-order valence-electron chi connectivity index (χ0n) is 8.31. The number of H-pyrrole nitrogens is 1. The maximum absolute atomic E-state index is 13.0. The summed E-state index contributed by atoms with van der Waals surface area (Å²) in [5.74, 6) is -0.625. The Hall–Kier alpha value is -1.60. The highest BCUT2D eigenvalue weighted by molar-refractivity contribution is 7.92. The Morgan fingerprint density at radius 1 is 1.35 bits per heavy atom. The van der Waals surface area contributed by atoms with Gasteiger partial charge in [0, 0.05) is 5.02 Å². The molecule has 0 aliphatic heterocycles.